The molecule has 1 aliphatic heterocycles. The predicted molar refractivity (Wildman–Crippen MR) is 172 cm³/mol. The fraction of sp³-hybridized carbons (Fsp3) is 0.919. The van der Waals surface area contributed by atoms with Crippen molar-refractivity contribution < 1.29 is 43.4 Å². The van der Waals surface area contributed by atoms with E-state index in [2.05, 4.69) is 33.0 Å². The lowest BCUT2D eigenvalue weighted by Crippen LogP contribution is -2.65. The van der Waals surface area contributed by atoms with Gasteiger partial charge >= 0.3 is 11.9 Å². The smallest absolute Gasteiger partial charge is 0.302 e. The molecule has 0 aromatic rings. The third-order valence-electron chi connectivity index (χ3n) is 14.4. The van der Waals surface area contributed by atoms with Gasteiger partial charge in [0.05, 0.1) is 0 Å². The van der Waals surface area contributed by atoms with E-state index in [4.69, 9.17) is 29.0 Å². The molecule has 6 rings (SSSR count). The molecule has 1 amide bonds. The molecule has 0 aromatic carbocycles. The van der Waals surface area contributed by atoms with Gasteiger partial charge in [-0.3, -0.25) is 14.4 Å². The van der Waals surface area contributed by atoms with Gasteiger partial charge in [-0.25, -0.2) is 0 Å². The van der Waals surface area contributed by atoms with Gasteiger partial charge in [-0.05, 0) is 92.3 Å². The number of carbonyl (C=O) groups is 3. The molecule has 1 saturated heterocycles. The number of hydrogen-bond acceptors (Lipinski definition) is 9. The highest BCUT2D eigenvalue weighted by Crippen LogP contribution is 2.70. The molecule has 47 heavy (non-hydrogen) atoms. The maximum Gasteiger partial charge on any atom is 0.302 e. The molecule has 0 bridgehead atoms. The van der Waals surface area contributed by atoms with Crippen LogP contribution in [0.25, 0.3) is 0 Å². The van der Waals surface area contributed by atoms with Gasteiger partial charge in [-0.15, -0.1) is 0 Å². The van der Waals surface area contributed by atoms with Crippen molar-refractivity contribution in [2.24, 2.45) is 52.3 Å². The Morgan fingerprint density at radius 2 is 1.51 bits per heavy atom. The lowest BCUT2D eigenvalue weighted by atomic mass is 9.42. The van der Waals surface area contributed by atoms with Crippen molar-refractivity contribution in [1.82, 2.24) is 5.32 Å². The van der Waals surface area contributed by atoms with Crippen molar-refractivity contribution >= 4 is 17.8 Å². The Morgan fingerprint density at radius 1 is 0.851 bits per heavy atom. The Hall–Kier alpha value is -1.75. The lowest BCUT2D eigenvalue weighted by molar-refractivity contribution is -0.665. The maximum atomic E-state index is 12.7. The molecule has 10 heteroatoms. The number of fused-ring (bicyclic) bond motifs is 5. The molecular weight excluding hydrogens is 602 g/mol. The molecule has 5 saturated carbocycles. The van der Waals surface area contributed by atoms with Crippen LogP contribution in [-0.2, 0) is 43.4 Å². The van der Waals surface area contributed by atoms with E-state index in [-0.39, 0.29) is 70.5 Å². The van der Waals surface area contributed by atoms with Crippen molar-refractivity contribution in [2.45, 2.75) is 155 Å². The second-order valence-corrected chi connectivity index (χ2v) is 16.7. The van der Waals surface area contributed by atoms with Crippen molar-refractivity contribution in [3.8, 4) is 0 Å². The number of carbonyl (C=O) groups excluding carboxylic acids is 3. The summed E-state index contributed by atoms with van der Waals surface area (Å²) in [5.74, 6) is -0.353. The molecule has 6 fully saturated rings. The Morgan fingerprint density at radius 3 is 2.13 bits per heavy atom. The molecule has 1 N–H and O–H groups in total. The monoisotopic (exact) mass is 661 g/mol. The van der Waals surface area contributed by atoms with Crippen molar-refractivity contribution in [2.75, 3.05) is 7.05 Å². The second-order valence-electron chi connectivity index (χ2n) is 16.7. The zero-order valence-corrected chi connectivity index (χ0v) is 29.8. The summed E-state index contributed by atoms with van der Waals surface area (Å²) in [4.78, 5) is 62.1. The summed E-state index contributed by atoms with van der Waals surface area (Å²) in [6.07, 6.45) is 11.0. The Balaban J connectivity index is 1.25. The maximum absolute atomic E-state index is 12.7. The molecule has 10 nitrogen and oxygen atoms in total. The summed E-state index contributed by atoms with van der Waals surface area (Å²) in [6.45, 7) is 12.2. The van der Waals surface area contributed by atoms with E-state index >= 15 is 0 Å². The highest BCUT2D eigenvalue weighted by atomic mass is 17.4. The highest BCUT2D eigenvalue weighted by molar-refractivity contribution is 5.75. The zero-order chi connectivity index (χ0) is 33.8. The lowest BCUT2D eigenvalue weighted by Gasteiger charge is -2.65. The van der Waals surface area contributed by atoms with Crippen LogP contribution in [0.1, 0.15) is 131 Å². The summed E-state index contributed by atoms with van der Waals surface area (Å²) in [7, 11) is 1.68. The number of amides is 1. The van der Waals surface area contributed by atoms with Gasteiger partial charge in [0.15, 0.2) is 0 Å². The normalized spacial score (nSPS) is 46.5. The molecule has 1 heterocycles. The molecule has 0 unspecified atom stereocenters. The van der Waals surface area contributed by atoms with Gasteiger partial charge in [-0.2, -0.15) is 19.6 Å². The van der Waals surface area contributed by atoms with Gasteiger partial charge in [-0.1, -0.05) is 34.1 Å². The van der Waals surface area contributed by atoms with E-state index < -0.39 is 11.6 Å². The summed E-state index contributed by atoms with van der Waals surface area (Å²) in [5.41, 5.74) is -0.384. The zero-order valence-electron chi connectivity index (χ0n) is 29.8. The van der Waals surface area contributed by atoms with E-state index in [0.29, 0.717) is 31.1 Å². The average molecular weight is 662 g/mol. The van der Waals surface area contributed by atoms with E-state index in [9.17, 15) is 14.4 Å². The number of ether oxygens (including phenoxy) is 2. The first-order valence-electron chi connectivity index (χ1n) is 18.6. The van der Waals surface area contributed by atoms with Gasteiger partial charge in [0.2, 0.25) is 17.5 Å². The summed E-state index contributed by atoms with van der Waals surface area (Å²) in [5, 5.41) is 2.75. The van der Waals surface area contributed by atoms with Crippen molar-refractivity contribution in [1.29, 1.82) is 0 Å². The Bertz CT molecular complexity index is 1170. The number of hydrogen-bond donors (Lipinski definition) is 1. The first-order valence-corrected chi connectivity index (χ1v) is 18.6. The standard InChI is InChI=1S/C37H59NO9/c1-8-25-13-15-36(16-14-25)44-46-37(47-45-36)18-17-34(5)26(21-37)19-30(42-23(3)39)33-28-11-10-27(22(2)9-12-32(41)38-7)35(28,6)31(20-29(33)34)43-24(4)40/h22,25-31,33H,8-21H2,1-7H3,(H,38,41)/t22-,25?,26-,27-,28+,29+,30-,31+,33+,34+,35-,36?,37?/m1/s1. The van der Waals surface area contributed by atoms with E-state index in [1.165, 1.54) is 13.8 Å². The fourth-order valence-corrected chi connectivity index (χ4v) is 11.6. The molecule has 2 spiro atoms. The minimum atomic E-state index is -0.998. The molecule has 5 aliphatic carbocycles. The topological polar surface area (TPSA) is 119 Å². The fourth-order valence-electron chi connectivity index (χ4n) is 11.6. The molecule has 0 radical (unpaired) electrons. The van der Waals surface area contributed by atoms with E-state index in [0.717, 1.165) is 70.6 Å². The second kappa shape index (κ2) is 13.2. The average Bonchev–Trinajstić information content (AvgIpc) is 3.40. The molecule has 0 aromatic heterocycles. The van der Waals surface area contributed by atoms with Crippen LogP contribution < -0.4 is 5.32 Å². The molecule has 6 aliphatic rings. The van der Waals surface area contributed by atoms with Crippen LogP contribution in [0.5, 0.6) is 0 Å². The van der Waals surface area contributed by atoms with Gasteiger partial charge in [0.1, 0.15) is 12.2 Å². The van der Waals surface area contributed by atoms with E-state index in [1.807, 2.05) is 0 Å². The van der Waals surface area contributed by atoms with Crippen molar-refractivity contribution in [3.05, 3.63) is 0 Å². The van der Waals surface area contributed by atoms with Crippen LogP contribution in [0.2, 0.25) is 0 Å². The van der Waals surface area contributed by atoms with Crippen LogP contribution >= 0.6 is 0 Å². The Kier molecular flexibility index (Phi) is 9.84. The molecule has 10 atom stereocenters. The first kappa shape index (κ1) is 35.1. The number of esters is 2. The van der Waals surface area contributed by atoms with Gasteiger partial charge in [0, 0.05) is 64.3 Å². The molecular formula is C37H59NO9. The van der Waals surface area contributed by atoms with Crippen LogP contribution in [0, 0.1) is 52.3 Å². The van der Waals surface area contributed by atoms with Crippen LogP contribution in [0.15, 0.2) is 0 Å². The van der Waals surface area contributed by atoms with E-state index in [1.54, 1.807) is 7.05 Å². The number of nitrogens with one attached hydrogen (secondary N) is 1. The highest BCUT2D eigenvalue weighted by Gasteiger charge is 2.69. The minimum Gasteiger partial charge on any atom is -0.462 e. The van der Waals surface area contributed by atoms with Gasteiger partial charge < -0.3 is 14.8 Å². The number of rotatable bonds is 7. The van der Waals surface area contributed by atoms with Gasteiger partial charge in [0.25, 0.3) is 0 Å². The van der Waals surface area contributed by atoms with Crippen molar-refractivity contribution in [3.63, 3.8) is 0 Å². The Labute approximate surface area is 280 Å². The predicted octanol–water partition coefficient (Wildman–Crippen LogP) is 6.79. The SMILES string of the molecule is CCC1CCC2(CC1)OOC1(CC[C@@]3(C)[C@H](C[C@@H](OC(C)=O)[C@@H]4[C@@H]3C[C@H](OC(C)=O)[C@]3(C)[C@@H]([C@H](C)CCC(=O)NC)CC[C@@H]43)C1)OO2. The first-order chi connectivity index (χ1) is 22.3. The third kappa shape index (κ3) is 6.27. The summed E-state index contributed by atoms with van der Waals surface area (Å²) < 4.78 is 12.6. The minimum absolute atomic E-state index is 0.0498. The van der Waals surface area contributed by atoms with Crippen LogP contribution in [0.4, 0.5) is 0 Å². The quantitative estimate of drug-likeness (QED) is 0.232. The molecule has 266 valence electrons. The van der Waals surface area contributed by atoms with Crippen LogP contribution in [-0.4, -0.2) is 48.7 Å². The summed E-state index contributed by atoms with van der Waals surface area (Å²) in [6, 6.07) is 0. The van der Waals surface area contributed by atoms with Crippen LogP contribution in [0.3, 0.4) is 0 Å². The largest absolute Gasteiger partial charge is 0.462 e. The summed E-state index contributed by atoms with van der Waals surface area (Å²) >= 11 is 0. The third-order valence-corrected chi connectivity index (χ3v) is 14.4.